The second kappa shape index (κ2) is 3.93. The van der Waals surface area contributed by atoms with Gasteiger partial charge in [0.05, 0.1) is 11.4 Å². The molecule has 0 saturated carbocycles. The first-order chi connectivity index (χ1) is 7.16. The number of amides is 1. The van der Waals surface area contributed by atoms with E-state index >= 15 is 0 Å². The summed E-state index contributed by atoms with van der Waals surface area (Å²) < 4.78 is 0. The quantitative estimate of drug-likeness (QED) is 0.738. The number of fused-ring (bicyclic) bond motifs is 1. The van der Waals surface area contributed by atoms with Gasteiger partial charge in [-0.25, -0.2) is 0 Å². The predicted molar refractivity (Wildman–Crippen MR) is 62.3 cm³/mol. The van der Waals surface area contributed by atoms with Crippen molar-refractivity contribution in [1.29, 1.82) is 0 Å². The SMILES string of the molecule is CC(C)c1ccc2c(c1)NCCC(=O)N2. The molecular formula is C12H16N2O. The number of rotatable bonds is 1. The topological polar surface area (TPSA) is 41.1 Å². The van der Waals surface area contributed by atoms with Crippen molar-refractivity contribution in [2.45, 2.75) is 26.2 Å². The van der Waals surface area contributed by atoms with E-state index in [-0.39, 0.29) is 5.91 Å². The molecule has 2 rings (SSSR count). The van der Waals surface area contributed by atoms with Crippen LogP contribution in [0.1, 0.15) is 31.7 Å². The minimum atomic E-state index is 0.0820. The third kappa shape index (κ3) is 2.12. The number of hydrogen-bond acceptors (Lipinski definition) is 2. The van der Waals surface area contributed by atoms with Gasteiger partial charge in [-0.3, -0.25) is 4.79 Å². The molecular weight excluding hydrogens is 188 g/mol. The second-order valence-corrected chi connectivity index (χ2v) is 4.18. The molecule has 80 valence electrons. The molecule has 15 heavy (non-hydrogen) atoms. The van der Waals surface area contributed by atoms with Crippen LogP contribution in [0.25, 0.3) is 0 Å². The molecule has 0 aromatic heterocycles. The van der Waals surface area contributed by atoms with Gasteiger partial charge in [-0.1, -0.05) is 19.9 Å². The van der Waals surface area contributed by atoms with E-state index in [2.05, 4.69) is 36.6 Å². The summed E-state index contributed by atoms with van der Waals surface area (Å²) >= 11 is 0. The molecule has 2 N–H and O–H groups in total. The Morgan fingerprint density at radius 3 is 2.80 bits per heavy atom. The van der Waals surface area contributed by atoms with Crippen molar-refractivity contribution < 1.29 is 4.79 Å². The fourth-order valence-electron chi connectivity index (χ4n) is 1.70. The van der Waals surface area contributed by atoms with Crippen LogP contribution in [-0.2, 0) is 4.79 Å². The van der Waals surface area contributed by atoms with E-state index in [4.69, 9.17) is 0 Å². The first-order valence-corrected chi connectivity index (χ1v) is 5.34. The number of carbonyl (C=O) groups excluding carboxylic acids is 1. The second-order valence-electron chi connectivity index (χ2n) is 4.18. The molecule has 0 bridgehead atoms. The third-order valence-electron chi connectivity index (χ3n) is 2.65. The highest BCUT2D eigenvalue weighted by molar-refractivity contribution is 5.96. The Morgan fingerprint density at radius 1 is 1.27 bits per heavy atom. The van der Waals surface area contributed by atoms with Crippen molar-refractivity contribution in [1.82, 2.24) is 0 Å². The van der Waals surface area contributed by atoms with Gasteiger partial charge in [0.25, 0.3) is 0 Å². The third-order valence-corrected chi connectivity index (χ3v) is 2.65. The highest BCUT2D eigenvalue weighted by Gasteiger charge is 2.12. The average molecular weight is 204 g/mol. The molecule has 0 atom stereocenters. The Kier molecular flexibility index (Phi) is 2.62. The lowest BCUT2D eigenvalue weighted by Crippen LogP contribution is -2.10. The van der Waals surface area contributed by atoms with Crippen molar-refractivity contribution >= 4 is 17.3 Å². The summed E-state index contributed by atoms with van der Waals surface area (Å²) in [4.78, 5) is 11.3. The number of nitrogens with one attached hydrogen (secondary N) is 2. The van der Waals surface area contributed by atoms with E-state index in [1.807, 2.05) is 6.07 Å². The fourth-order valence-corrected chi connectivity index (χ4v) is 1.70. The lowest BCUT2D eigenvalue weighted by Gasteiger charge is -2.12. The first kappa shape index (κ1) is 10.0. The number of anilines is 2. The molecule has 0 fully saturated rings. The highest BCUT2D eigenvalue weighted by Crippen LogP contribution is 2.28. The highest BCUT2D eigenvalue weighted by atomic mass is 16.1. The molecule has 0 aliphatic carbocycles. The molecule has 0 saturated heterocycles. The summed E-state index contributed by atoms with van der Waals surface area (Å²) in [6.07, 6.45) is 0.533. The molecule has 0 unspecified atom stereocenters. The van der Waals surface area contributed by atoms with Gasteiger partial charge in [0.15, 0.2) is 0 Å². The molecule has 1 aliphatic heterocycles. The van der Waals surface area contributed by atoms with Crippen LogP contribution in [0.3, 0.4) is 0 Å². The number of carbonyl (C=O) groups is 1. The largest absolute Gasteiger partial charge is 0.383 e. The summed E-state index contributed by atoms with van der Waals surface area (Å²) in [6.45, 7) is 5.04. The summed E-state index contributed by atoms with van der Waals surface area (Å²) in [5.41, 5.74) is 3.21. The molecule has 1 aliphatic rings. The van der Waals surface area contributed by atoms with Crippen LogP contribution >= 0.6 is 0 Å². The van der Waals surface area contributed by atoms with Gasteiger partial charge in [-0.2, -0.15) is 0 Å². The van der Waals surface area contributed by atoms with Gasteiger partial charge in [0.1, 0.15) is 0 Å². The van der Waals surface area contributed by atoms with Crippen molar-refractivity contribution in [3.05, 3.63) is 23.8 Å². The maximum atomic E-state index is 11.3. The Hall–Kier alpha value is -1.51. The van der Waals surface area contributed by atoms with Crippen molar-refractivity contribution in [2.75, 3.05) is 17.2 Å². The van der Waals surface area contributed by atoms with Crippen LogP contribution in [0.15, 0.2) is 18.2 Å². The van der Waals surface area contributed by atoms with E-state index < -0.39 is 0 Å². The molecule has 3 heteroatoms. The standard InChI is InChI=1S/C12H16N2O/c1-8(2)9-3-4-10-11(7-9)13-6-5-12(15)14-10/h3-4,7-8,13H,5-6H2,1-2H3,(H,14,15). The summed E-state index contributed by atoms with van der Waals surface area (Å²) in [5.74, 6) is 0.592. The summed E-state index contributed by atoms with van der Waals surface area (Å²) in [7, 11) is 0. The fraction of sp³-hybridized carbons (Fsp3) is 0.417. The Labute approximate surface area is 89.9 Å². The van der Waals surface area contributed by atoms with Gasteiger partial charge in [-0.15, -0.1) is 0 Å². The molecule has 1 amide bonds. The van der Waals surface area contributed by atoms with Crippen LogP contribution in [0.4, 0.5) is 11.4 Å². The number of hydrogen-bond donors (Lipinski definition) is 2. The number of benzene rings is 1. The molecule has 0 spiro atoms. The van der Waals surface area contributed by atoms with Crippen molar-refractivity contribution in [2.24, 2.45) is 0 Å². The maximum absolute atomic E-state index is 11.3. The smallest absolute Gasteiger partial charge is 0.226 e. The van der Waals surface area contributed by atoms with Gasteiger partial charge in [0.2, 0.25) is 5.91 Å². The van der Waals surface area contributed by atoms with Gasteiger partial charge in [-0.05, 0) is 23.6 Å². The Bertz CT molecular complexity index is 385. The Morgan fingerprint density at radius 2 is 2.07 bits per heavy atom. The summed E-state index contributed by atoms with van der Waals surface area (Å²) in [6, 6.07) is 6.16. The Balaban J connectivity index is 2.35. The zero-order valence-corrected chi connectivity index (χ0v) is 9.13. The van der Waals surface area contributed by atoms with Crippen LogP contribution in [0, 0.1) is 0 Å². The van der Waals surface area contributed by atoms with Crippen LogP contribution in [0.5, 0.6) is 0 Å². The molecule has 3 nitrogen and oxygen atoms in total. The van der Waals surface area contributed by atoms with Gasteiger partial charge in [0, 0.05) is 13.0 Å². The monoisotopic (exact) mass is 204 g/mol. The predicted octanol–water partition coefficient (Wildman–Crippen LogP) is 2.56. The van der Waals surface area contributed by atoms with Crippen molar-refractivity contribution in [3.8, 4) is 0 Å². The lowest BCUT2D eigenvalue weighted by molar-refractivity contribution is -0.115. The minimum Gasteiger partial charge on any atom is -0.383 e. The van der Waals surface area contributed by atoms with E-state index in [1.165, 1.54) is 5.56 Å². The van der Waals surface area contributed by atoms with Gasteiger partial charge < -0.3 is 10.6 Å². The van der Waals surface area contributed by atoms with E-state index in [0.29, 0.717) is 18.9 Å². The normalized spacial score (nSPS) is 15.3. The zero-order chi connectivity index (χ0) is 10.8. The van der Waals surface area contributed by atoms with Crippen molar-refractivity contribution in [3.63, 3.8) is 0 Å². The first-order valence-electron chi connectivity index (χ1n) is 5.34. The van der Waals surface area contributed by atoms with E-state index in [1.54, 1.807) is 0 Å². The van der Waals surface area contributed by atoms with Crippen LogP contribution < -0.4 is 10.6 Å². The minimum absolute atomic E-state index is 0.0820. The summed E-state index contributed by atoms with van der Waals surface area (Å²) in [5, 5.41) is 6.15. The molecule has 1 aromatic rings. The molecule has 1 heterocycles. The van der Waals surface area contributed by atoms with Crippen LogP contribution in [0.2, 0.25) is 0 Å². The molecule has 1 aromatic carbocycles. The van der Waals surface area contributed by atoms with Gasteiger partial charge >= 0.3 is 0 Å². The average Bonchev–Trinajstić information content (AvgIpc) is 2.37. The zero-order valence-electron chi connectivity index (χ0n) is 9.13. The molecule has 0 radical (unpaired) electrons. The van der Waals surface area contributed by atoms with E-state index in [0.717, 1.165) is 11.4 Å². The lowest BCUT2D eigenvalue weighted by atomic mass is 10.0. The maximum Gasteiger partial charge on any atom is 0.226 e. The van der Waals surface area contributed by atoms with E-state index in [9.17, 15) is 4.79 Å². The van der Waals surface area contributed by atoms with Crippen LogP contribution in [-0.4, -0.2) is 12.5 Å².